The molecule has 0 saturated carbocycles. The number of nitrogens with zero attached hydrogens (tertiary/aromatic N) is 1. The molecule has 0 amide bonds. The van der Waals surface area contributed by atoms with Crippen molar-refractivity contribution in [3.63, 3.8) is 0 Å². The van der Waals surface area contributed by atoms with Crippen molar-refractivity contribution in [1.82, 2.24) is 0 Å². The van der Waals surface area contributed by atoms with Crippen LogP contribution in [0.1, 0.15) is 11.1 Å². The summed E-state index contributed by atoms with van der Waals surface area (Å²) in [4.78, 5) is 0. The van der Waals surface area contributed by atoms with E-state index in [2.05, 4.69) is 19.7 Å². The Morgan fingerprint density at radius 1 is 0.909 bits per heavy atom. The topological polar surface area (TPSA) is 0 Å². The third kappa shape index (κ3) is 5.46. The Balaban J connectivity index is 0.00000441. The average Bonchev–Trinajstić information content (AvgIpc) is 2.39. The molecule has 1 nitrogen and oxygen atoms in total. The van der Waals surface area contributed by atoms with Gasteiger partial charge >= 0.3 is 6.18 Å². The second-order valence-corrected chi connectivity index (χ2v) is 5.07. The Morgan fingerprint density at radius 3 is 1.77 bits per heavy atom. The van der Waals surface area contributed by atoms with Gasteiger partial charge in [-0.1, -0.05) is 37.9 Å². The Labute approximate surface area is 140 Å². The van der Waals surface area contributed by atoms with Gasteiger partial charge in [-0.25, -0.2) is 0 Å². The molecule has 122 valence electrons. The van der Waals surface area contributed by atoms with E-state index in [0.717, 1.165) is 6.07 Å². The van der Waals surface area contributed by atoms with E-state index in [1.807, 2.05) is 0 Å². The van der Waals surface area contributed by atoms with E-state index in [9.17, 15) is 13.2 Å². The second-order valence-electron chi connectivity index (χ2n) is 5.07. The van der Waals surface area contributed by atoms with Crippen molar-refractivity contribution in [3.8, 4) is 0 Å². The summed E-state index contributed by atoms with van der Waals surface area (Å²) in [6.45, 7) is 13.1. The number of benzene rings is 1. The van der Waals surface area contributed by atoms with Gasteiger partial charge in [0.05, 0.1) is 25.2 Å². The SMILES string of the molecule is C=CC[N+](CC=C)(CC=C)Cc1ccccc1C(F)(F)F.[Br-]. The number of rotatable bonds is 8. The molecule has 22 heavy (non-hydrogen) atoms. The zero-order valence-electron chi connectivity index (χ0n) is 12.5. The molecule has 0 atom stereocenters. The van der Waals surface area contributed by atoms with Crippen LogP contribution < -0.4 is 17.0 Å². The molecule has 1 rings (SSSR count). The van der Waals surface area contributed by atoms with Gasteiger partial charge in [0.1, 0.15) is 6.54 Å². The van der Waals surface area contributed by atoms with Gasteiger partial charge in [0.2, 0.25) is 0 Å². The maximum Gasteiger partial charge on any atom is 0.416 e. The summed E-state index contributed by atoms with van der Waals surface area (Å²) in [5.74, 6) is 0. The molecular weight excluding hydrogens is 355 g/mol. The van der Waals surface area contributed by atoms with Crippen molar-refractivity contribution in [1.29, 1.82) is 0 Å². The van der Waals surface area contributed by atoms with Crippen LogP contribution in [-0.4, -0.2) is 24.1 Å². The zero-order chi connectivity index (χ0) is 15.9. The molecule has 0 aliphatic carbocycles. The van der Waals surface area contributed by atoms with E-state index in [1.165, 1.54) is 12.1 Å². The van der Waals surface area contributed by atoms with Crippen molar-refractivity contribution >= 4 is 0 Å². The lowest BCUT2D eigenvalue weighted by Crippen LogP contribution is -3.00. The van der Waals surface area contributed by atoms with Crippen LogP contribution in [0.4, 0.5) is 13.2 Å². The first-order valence-corrected chi connectivity index (χ1v) is 6.71. The first-order chi connectivity index (χ1) is 9.88. The summed E-state index contributed by atoms with van der Waals surface area (Å²) >= 11 is 0. The molecule has 5 heteroatoms. The van der Waals surface area contributed by atoms with Gasteiger partial charge in [0, 0.05) is 5.56 Å². The van der Waals surface area contributed by atoms with E-state index in [-0.39, 0.29) is 29.1 Å². The Hall–Kier alpha value is -1.33. The number of hydrogen-bond acceptors (Lipinski definition) is 0. The van der Waals surface area contributed by atoms with Gasteiger partial charge in [-0.3, -0.25) is 0 Å². The molecule has 0 fully saturated rings. The smallest absolute Gasteiger partial charge is 0.416 e. The van der Waals surface area contributed by atoms with Crippen LogP contribution in [0.3, 0.4) is 0 Å². The lowest BCUT2D eigenvalue weighted by Gasteiger charge is -2.36. The Morgan fingerprint density at radius 2 is 1.36 bits per heavy atom. The van der Waals surface area contributed by atoms with Crippen LogP contribution >= 0.6 is 0 Å². The highest BCUT2D eigenvalue weighted by molar-refractivity contribution is 5.29. The normalized spacial score (nSPS) is 11.4. The van der Waals surface area contributed by atoms with E-state index < -0.39 is 11.7 Å². The van der Waals surface area contributed by atoms with E-state index in [0.29, 0.717) is 24.1 Å². The zero-order valence-corrected chi connectivity index (χ0v) is 14.0. The van der Waals surface area contributed by atoms with Crippen LogP contribution in [0.5, 0.6) is 0 Å². The third-order valence-electron chi connectivity index (χ3n) is 3.38. The molecule has 0 saturated heterocycles. The van der Waals surface area contributed by atoms with Crippen molar-refractivity contribution in [2.24, 2.45) is 0 Å². The highest BCUT2D eigenvalue weighted by atomic mass is 79.9. The minimum Gasteiger partial charge on any atom is -1.00 e. The summed E-state index contributed by atoms with van der Waals surface area (Å²) < 4.78 is 39.7. The number of alkyl halides is 3. The lowest BCUT2D eigenvalue weighted by molar-refractivity contribution is -0.925. The average molecular weight is 376 g/mol. The molecule has 0 radical (unpaired) electrons. The van der Waals surface area contributed by atoms with Gasteiger partial charge in [0.25, 0.3) is 0 Å². The van der Waals surface area contributed by atoms with E-state index in [1.54, 1.807) is 24.3 Å². The van der Waals surface area contributed by atoms with Gasteiger partial charge in [-0.15, -0.1) is 0 Å². The molecule has 1 aromatic rings. The summed E-state index contributed by atoms with van der Waals surface area (Å²) in [6.07, 6.45) is 0.832. The van der Waals surface area contributed by atoms with Gasteiger partial charge < -0.3 is 21.5 Å². The highest BCUT2D eigenvalue weighted by Gasteiger charge is 2.35. The quantitative estimate of drug-likeness (QED) is 0.478. The van der Waals surface area contributed by atoms with E-state index >= 15 is 0 Å². The summed E-state index contributed by atoms with van der Waals surface area (Å²) in [5, 5.41) is 0. The minimum atomic E-state index is -4.34. The van der Waals surface area contributed by atoms with Crippen molar-refractivity contribution in [3.05, 3.63) is 73.4 Å². The predicted molar refractivity (Wildman–Crippen MR) is 80.6 cm³/mol. The maximum atomic E-state index is 13.1. The molecule has 1 aromatic carbocycles. The monoisotopic (exact) mass is 375 g/mol. The Kier molecular flexibility index (Phi) is 8.41. The fraction of sp³-hybridized carbons (Fsp3) is 0.294. The number of halogens is 4. The lowest BCUT2D eigenvalue weighted by atomic mass is 10.0. The maximum absolute atomic E-state index is 13.1. The minimum absolute atomic E-state index is 0. The molecular formula is C17H21BrF3N. The number of quaternary nitrogens is 1. The van der Waals surface area contributed by atoms with Crippen LogP contribution in [0, 0.1) is 0 Å². The summed E-state index contributed by atoms with van der Waals surface area (Å²) in [5.41, 5.74) is -0.291. The van der Waals surface area contributed by atoms with Crippen molar-refractivity contribution in [2.75, 3.05) is 19.6 Å². The van der Waals surface area contributed by atoms with Crippen LogP contribution in [0.2, 0.25) is 0 Å². The fourth-order valence-corrected chi connectivity index (χ4v) is 2.53. The first kappa shape index (κ1) is 20.7. The van der Waals surface area contributed by atoms with Crippen LogP contribution in [0.25, 0.3) is 0 Å². The van der Waals surface area contributed by atoms with Gasteiger partial charge in [-0.2, -0.15) is 13.2 Å². The van der Waals surface area contributed by atoms with E-state index in [4.69, 9.17) is 0 Å². The van der Waals surface area contributed by atoms with Crippen LogP contribution in [0.15, 0.2) is 62.2 Å². The fourth-order valence-electron chi connectivity index (χ4n) is 2.53. The molecule has 0 N–H and O–H groups in total. The molecule has 0 unspecified atom stereocenters. The predicted octanol–water partition coefficient (Wildman–Crippen LogP) is 1.58. The largest absolute Gasteiger partial charge is 1.00 e. The first-order valence-electron chi connectivity index (χ1n) is 6.71. The molecule has 0 bridgehead atoms. The molecule has 0 aliphatic rings. The summed E-state index contributed by atoms with van der Waals surface area (Å²) in [7, 11) is 0. The van der Waals surface area contributed by atoms with Gasteiger partial charge in [-0.05, 0) is 24.3 Å². The second kappa shape index (κ2) is 8.96. The molecule has 0 aliphatic heterocycles. The van der Waals surface area contributed by atoms with Crippen molar-refractivity contribution < 1.29 is 34.6 Å². The van der Waals surface area contributed by atoms with Gasteiger partial charge in [0.15, 0.2) is 0 Å². The molecule has 0 spiro atoms. The van der Waals surface area contributed by atoms with Crippen molar-refractivity contribution in [2.45, 2.75) is 12.7 Å². The standard InChI is InChI=1S/C17H21F3N.BrH/c1-4-11-21(12-5-2,13-6-3)14-15-9-7-8-10-16(15)17(18,19)20;/h4-10H,1-3,11-14H2;1H/q+1;/p-1. The molecule has 0 heterocycles. The molecule has 0 aromatic heterocycles. The Bertz CT molecular complexity index is 482. The summed E-state index contributed by atoms with van der Waals surface area (Å²) in [6, 6.07) is 5.70. The third-order valence-corrected chi connectivity index (χ3v) is 3.38. The number of hydrogen-bond donors (Lipinski definition) is 0. The van der Waals surface area contributed by atoms with Crippen LogP contribution in [-0.2, 0) is 12.7 Å². The highest BCUT2D eigenvalue weighted by Crippen LogP contribution is 2.33.